The van der Waals surface area contributed by atoms with Gasteiger partial charge in [-0.25, -0.2) is 0 Å². The smallest absolute Gasteiger partial charge is 0.118 e. The van der Waals surface area contributed by atoms with Gasteiger partial charge in [0.1, 0.15) is 9.75 Å². The maximum Gasteiger partial charge on any atom is 0.167 e. The molecule has 0 N–H and O–H groups in total. The van der Waals surface area contributed by atoms with Crippen LogP contribution in [0.2, 0.25) is 0 Å². The van der Waals surface area contributed by atoms with Crippen molar-refractivity contribution in [1.82, 2.24) is 0 Å². The van der Waals surface area contributed by atoms with E-state index in [-0.39, 0.29) is 27.3 Å². The van der Waals surface area contributed by atoms with Crippen LogP contribution in [0.15, 0.2) is 22.2 Å². The van der Waals surface area contributed by atoms with Gasteiger partial charge in [0.2, 0.25) is 0 Å². The molecule has 3 rings (SSSR count). The molecule has 0 saturated heterocycles. The van der Waals surface area contributed by atoms with E-state index in [1.807, 2.05) is 12.2 Å². The molecule has 5 unspecified atom stereocenters. The highest BCUT2D eigenvalue weighted by Gasteiger charge is 2.83. The number of fused-ring (bicyclic) bond motifs is 5. The van der Waals surface area contributed by atoms with E-state index in [2.05, 4.69) is 13.8 Å². The standard InChI is InChI=1S/C10H5Cl7.C6H14/c11-4-2-1-3-5(4)9(15)7(13)6(12)8(3,14)10(9,16)17;1-3-5-6-4-2/h1-5H;3-6H2,1-2H3. The van der Waals surface area contributed by atoms with Crippen LogP contribution >= 0.6 is 81.2 Å². The van der Waals surface area contributed by atoms with Crippen LogP contribution in [-0.2, 0) is 0 Å². The Morgan fingerprint density at radius 1 is 0.870 bits per heavy atom. The topological polar surface area (TPSA) is 0 Å². The molecule has 2 bridgehead atoms. The van der Waals surface area contributed by atoms with Crippen LogP contribution in [0.1, 0.15) is 39.5 Å². The maximum absolute atomic E-state index is 6.57. The van der Waals surface area contributed by atoms with E-state index in [9.17, 15) is 0 Å². The number of halogens is 7. The van der Waals surface area contributed by atoms with Crippen molar-refractivity contribution in [2.24, 2.45) is 11.8 Å². The minimum Gasteiger partial charge on any atom is -0.118 e. The van der Waals surface area contributed by atoms with Gasteiger partial charge < -0.3 is 0 Å². The molecular weight excluding hydrogens is 440 g/mol. The summed E-state index contributed by atoms with van der Waals surface area (Å²) in [5.74, 6) is -0.470. The molecule has 0 aromatic heterocycles. The molecule has 1 fully saturated rings. The van der Waals surface area contributed by atoms with Crippen molar-refractivity contribution in [1.29, 1.82) is 0 Å². The van der Waals surface area contributed by atoms with Gasteiger partial charge in [-0.1, -0.05) is 98.1 Å². The maximum atomic E-state index is 6.57. The van der Waals surface area contributed by atoms with Crippen LogP contribution in [-0.4, -0.2) is 19.5 Å². The van der Waals surface area contributed by atoms with Crippen LogP contribution in [0.3, 0.4) is 0 Å². The molecule has 0 aromatic carbocycles. The average molecular weight is 459 g/mol. The normalized spacial score (nSPS) is 42.7. The molecule has 3 aliphatic rings. The summed E-state index contributed by atoms with van der Waals surface area (Å²) < 4.78 is -1.48. The van der Waals surface area contributed by atoms with Gasteiger partial charge in [-0.3, -0.25) is 0 Å². The summed E-state index contributed by atoms with van der Waals surface area (Å²) in [5.41, 5.74) is 0. The fraction of sp³-hybridized carbons (Fsp3) is 0.750. The summed E-state index contributed by atoms with van der Waals surface area (Å²) in [6.07, 6.45) is 9.23. The van der Waals surface area contributed by atoms with Crippen molar-refractivity contribution >= 4 is 81.2 Å². The zero-order valence-electron chi connectivity index (χ0n) is 12.9. The number of hydrogen-bond acceptors (Lipinski definition) is 0. The van der Waals surface area contributed by atoms with Crippen molar-refractivity contribution < 1.29 is 0 Å². The van der Waals surface area contributed by atoms with Crippen LogP contribution in [0.5, 0.6) is 0 Å². The van der Waals surface area contributed by atoms with Gasteiger partial charge in [-0.05, 0) is 0 Å². The quantitative estimate of drug-likeness (QED) is 0.229. The van der Waals surface area contributed by atoms with Gasteiger partial charge >= 0.3 is 0 Å². The Labute approximate surface area is 173 Å². The Morgan fingerprint density at radius 3 is 1.83 bits per heavy atom. The van der Waals surface area contributed by atoms with Gasteiger partial charge in [0.15, 0.2) is 4.33 Å². The van der Waals surface area contributed by atoms with Crippen molar-refractivity contribution in [3.05, 3.63) is 22.2 Å². The minimum absolute atomic E-state index is 0.205. The Kier molecular flexibility index (Phi) is 6.57. The largest absolute Gasteiger partial charge is 0.167 e. The van der Waals surface area contributed by atoms with Crippen LogP contribution in [0.25, 0.3) is 0 Å². The van der Waals surface area contributed by atoms with Gasteiger partial charge in [-0.2, -0.15) is 0 Å². The third kappa shape index (κ3) is 2.70. The molecule has 132 valence electrons. The Morgan fingerprint density at radius 2 is 1.35 bits per heavy atom. The van der Waals surface area contributed by atoms with E-state index >= 15 is 0 Å². The third-order valence-electron chi connectivity index (χ3n) is 4.85. The number of hydrogen-bond donors (Lipinski definition) is 0. The second-order valence-corrected chi connectivity index (χ2v) is 9.99. The minimum atomic E-state index is -1.48. The number of unbranched alkanes of at least 4 members (excludes halogenated alkanes) is 3. The van der Waals surface area contributed by atoms with E-state index in [4.69, 9.17) is 81.2 Å². The first-order valence-corrected chi connectivity index (χ1v) is 10.5. The van der Waals surface area contributed by atoms with Crippen molar-refractivity contribution in [3.63, 3.8) is 0 Å². The second kappa shape index (κ2) is 7.26. The monoisotopic (exact) mass is 456 g/mol. The molecule has 0 spiro atoms. The predicted octanol–water partition coefficient (Wildman–Crippen LogP) is 7.83. The molecule has 0 aromatic rings. The lowest BCUT2D eigenvalue weighted by atomic mass is 9.84. The summed E-state index contributed by atoms with van der Waals surface area (Å²) in [5, 5.41) is 0.113. The Hall–Kier alpha value is 1.51. The Balaban J connectivity index is 0.000000277. The zero-order chi connectivity index (χ0) is 17.6. The number of allylic oxidation sites excluding steroid dienone is 4. The van der Waals surface area contributed by atoms with Crippen molar-refractivity contribution in [2.75, 3.05) is 0 Å². The summed E-state index contributed by atoms with van der Waals surface area (Å²) in [7, 11) is 0. The molecule has 0 heterocycles. The van der Waals surface area contributed by atoms with Gasteiger partial charge in [0, 0.05) is 11.8 Å². The summed E-state index contributed by atoms with van der Waals surface area (Å²) in [6.45, 7) is 4.46. The van der Waals surface area contributed by atoms with E-state index in [1.165, 1.54) is 25.7 Å². The highest BCUT2D eigenvalue weighted by atomic mass is 35.5. The van der Waals surface area contributed by atoms with Crippen molar-refractivity contribution in [3.8, 4) is 0 Å². The van der Waals surface area contributed by atoms with Crippen molar-refractivity contribution in [2.45, 2.75) is 59.0 Å². The van der Waals surface area contributed by atoms with Gasteiger partial charge in [0.25, 0.3) is 0 Å². The molecule has 0 aliphatic heterocycles. The van der Waals surface area contributed by atoms with Gasteiger partial charge in [-0.15, -0.1) is 34.8 Å². The summed E-state index contributed by atoms with van der Waals surface area (Å²) in [4.78, 5) is -2.45. The molecule has 0 radical (unpaired) electrons. The molecule has 23 heavy (non-hydrogen) atoms. The Bertz CT molecular complexity index is 523. The van der Waals surface area contributed by atoms with Gasteiger partial charge in [0.05, 0.1) is 15.4 Å². The molecule has 3 aliphatic carbocycles. The number of alkyl halides is 5. The fourth-order valence-corrected chi connectivity index (χ4v) is 7.10. The molecule has 0 amide bonds. The summed E-state index contributed by atoms with van der Waals surface area (Å²) >= 11 is 44.5. The lowest BCUT2D eigenvalue weighted by Crippen LogP contribution is -2.45. The highest BCUT2D eigenvalue weighted by molar-refractivity contribution is 6.66. The number of rotatable bonds is 3. The molecule has 7 heteroatoms. The second-order valence-electron chi connectivity index (χ2n) is 6.21. The van der Waals surface area contributed by atoms with Crippen LogP contribution in [0.4, 0.5) is 0 Å². The summed E-state index contributed by atoms with van der Waals surface area (Å²) in [6, 6.07) is 0. The SMILES string of the molecule is CCCCCC.ClC1=C(Cl)C2(Cl)C3C(Cl)C=CC3C1(Cl)C2(Cl)Cl. The predicted molar refractivity (Wildman–Crippen MR) is 106 cm³/mol. The van der Waals surface area contributed by atoms with E-state index < -0.39 is 14.1 Å². The van der Waals surface area contributed by atoms with E-state index in [1.54, 1.807) is 0 Å². The van der Waals surface area contributed by atoms with Crippen LogP contribution in [0, 0.1) is 11.8 Å². The lowest BCUT2D eigenvalue weighted by Gasteiger charge is -2.34. The molecule has 0 nitrogen and oxygen atoms in total. The fourth-order valence-electron chi connectivity index (χ4n) is 3.58. The van der Waals surface area contributed by atoms with E-state index in [0.717, 1.165) is 0 Å². The lowest BCUT2D eigenvalue weighted by molar-refractivity contribution is 0.420. The highest BCUT2D eigenvalue weighted by Crippen LogP contribution is 2.78. The average Bonchev–Trinajstić information content (AvgIpc) is 2.99. The first-order valence-electron chi connectivity index (χ1n) is 7.76. The first-order chi connectivity index (χ1) is 10.6. The van der Waals surface area contributed by atoms with Crippen LogP contribution < -0.4 is 0 Å². The zero-order valence-corrected chi connectivity index (χ0v) is 18.2. The first kappa shape index (κ1) is 20.8. The molecule has 1 saturated carbocycles. The third-order valence-corrected chi connectivity index (χ3v) is 9.56. The molecule has 5 atom stereocenters. The van der Waals surface area contributed by atoms with E-state index in [0.29, 0.717) is 0 Å². The molecular formula is C16H19Cl7.